The number of hydrogen-bond donors (Lipinski definition) is 2. The van der Waals surface area contributed by atoms with Crippen molar-refractivity contribution in [3.05, 3.63) is 0 Å². The molecule has 2 N–H and O–H groups in total. The number of amides is 1. The monoisotopic (exact) mass is 268 g/mol. The first-order valence-corrected chi connectivity index (χ1v) is 7.79. The lowest BCUT2D eigenvalue weighted by Gasteiger charge is -2.55. The third-order valence-electron chi connectivity index (χ3n) is 4.88. The van der Waals surface area contributed by atoms with Gasteiger partial charge in [-0.3, -0.25) is 4.79 Å². The predicted molar refractivity (Wildman–Crippen MR) is 76.0 cm³/mol. The quantitative estimate of drug-likeness (QED) is 0.773. The number of ether oxygens (including phenoxy) is 1. The summed E-state index contributed by atoms with van der Waals surface area (Å²) in [5.74, 6) is 0.107. The van der Waals surface area contributed by atoms with Crippen molar-refractivity contribution < 1.29 is 9.53 Å². The normalized spacial score (nSPS) is 30.1. The molecule has 4 heteroatoms. The third-order valence-corrected chi connectivity index (χ3v) is 4.88. The molecule has 2 rings (SSSR count). The molecule has 0 aromatic heterocycles. The first-order valence-electron chi connectivity index (χ1n) is 7.79. The third kappa shape index (κ3) is 2.79. The van der Waals surface area contributed by atoms with Crippen LogP contribution in [0.4, 0.5) is 0 Å². The summed E-state index contributed by atoms with van der Waals surface area (Å²) in [7, 11) is 0. The highest BCUT2D eigenvalue weighted by atomic mass is 16.5. The van der Waals surface area contributed by atoms with Gasteiger partial charge in [0.1, 0.15) is 0 Å². The van der Waals surface area contributed by atoms with Gasteiger partial charge in [0.05, 0.1) is 12.1 Å². The molecule has 0 bridgehead atoms. The zero-order valence-corrected chi connectivity index (χ0v) is 12.5. The van der Waals surface area contributed by atoms with E-state index in [4.69, 9.17) is 4.74 Å². The van der Waals surface area contributed by atoms with Crippen LogP contribution in [-0.2, 0) is 9.53 Å². The molecule has 0 aliphatic heterocycles. The first-order chi connectivity index (χ1) is 9.14. The second kappa shape index (κ2) is 6.23. The summed E-state index contributed by atoms with van der Waals surface area (Å²) in [5.41, 5.74) is 0.302. The summed E-state index contributed by atoms with van der Waals surface area (Å²) in [5, 5.41) is 6.41. The van der Waals surface area contributed by atoms with Gasteiger partial charge in [0.25, 0.3) is 0 Å². The van der Waals surface area contributed by atoms with E-state index in [0.717, 1.165) is 13.0 Å². The molecule has 2 aliphatic carbocycles. The van der Waals surface area contributed by atoms with Gasteiger partial charge in [-0.25, -0.2) is 0 Å². The van der Waals surface area contributed by atoms with Gasteiger partial charge in [-0.15, -0.1) is 0 Å². The van der Waals surface area contributed by atoms with Gasteiger partial charge >= 0.3 is 0 Å². The van der Waals surface area contributed by atoms with Crippen molar-refractivity contribution in [3.63, 3.8) is 0 Å². The Balaban J connectivity index is 1.92. The van der Waals surface area contributed by atoms with Crippen LogP contribution < -0.4 is 10.6 Å². The molecule has 110 valence electrons. The summed E-state index contributed by atoms with van der Waals surface area (Å²) >= 11 is 0. The first kappa shape index (κ1) is 14.8. The lowest BCUT2D eigenvalue weighted by atomic mass is 9.60. The Morgan fingerprint density at radius 2 is 2.05 bits per heavy atom. The average Bonchev–Trinajstić information content (AvgIpc) is 2.90. The van der Waals surface area contributed by atoms with Gasteiger partial charge in [0.2, 0.25) is 5.91 Å². The summed E-state index contributed by atoms with van der Waals surface area (Å²) < 4.78 is 5.89. The Labute approximate surface area is 116 Å². The Bertz CT molecular complexity index is 313. The summed E-state index contributed by atoms with van der Waals surface area (Å²) in [4.78, 5) is 11.8. The highest BCUT2D eigenvalue weighted by molar-refractivity contribution is 5.81. The molecule has 1 amide bonds. The Morgan fingerprint density at radius 1 is 1.37 bits per heavy atom. The molecule has 0 saturated heterocycles. The Hall–Kier alpha value is -0.610. The summed E-state index contributed by atoms with van der Waals surface area (Å²) in [6.45, 7) is 7.48. The van der Waals surface area contributed by atoms with E-state index in [1.165, 1.54) is 25.7 Å². The molecule has 4 nitrogen and oxygen atoms in total. The van der Waals surface area contributed by atoms with Gasteiger partial charge in [0, 0.05) is 24.6 Å². The van der Waals surface area contributed by atoms with Crippen LogP contribution in [0.5, 0.6) is 0 Å². The van der Waals surface area contributed by atoms with Gasteiger partial charge in [-0.05, 0) is 40.0 Å². The standard InChI is InChI=1S/C15H28N2O2/c1-4-16-14(18)11(3)17-12-10-13(19-5-2)15(12)8-6-7-9-15/h11-13,17H,4-10H2,1-3H3,(H,16,18). The summed E-state index contributed by atoms with van der Waals surface area (Å²) in [6, 6.07) is 0.342. The second-order valence-corrected chi connectivity index (χ2v) is 5.96. The van der Waals surface area contributed by atoms with E-state index in [0.29, 0.717) is 24.1 Å². The number of carbonyl (C=O) groups excluding carboxylic acids is 1. The van der Waals surface area contributed by atoms with Crippen molar-refractivity contribution in [1.82, 2.24) is 10.6 Å². The van der Waals surface area contributed by atoms with Crippen LogP contribution in [0.3, 0.4) is 0 Å². The fourth-order valence-corrected chi connectivity index (χ4v) is 3.83. The van der Waals surface area contributed by atoms with Crippen molar-refractivity contribution >= 4 is 5.91 Å². The van der Waals surface area contributed by atoms with Crippen molar-refractivity contribution in [2.45, 2.75) is 71.1 Å². The topological polar surface area (TPSA) is 50.4 Å². The van der Waals surface area contributed by atoms with Crippen LogP contribution in [0.1, 0.15) is 52.9 Å². The van der Waals surface area contributed by atoms with Gasteiger partial charge < -0.3 is 15.4 Å². The molecular weight excluding hydrogens is 240 g/mol. The van der Waals surface area contributed by atoms with E-state index in [1.807, 2.05) is 13.8 Å². The molecule has 0 aromatic rings. The van der Waals surface area contributed by atoms with Crippen LogP contribution in [0.15, 0.2) is 0 Å². The SMILES string of the molecule is CCNC(=O)C(C)NC1CC(OCC)C12CCCC2. The number of nitrogens with one attached hydrogen (secondary N) is 2. The Kier molecular flexibility index (Phi) is 4.85. The van der Waals surface area contributed by atoms with Crippen molar-refractivity contribution in [3.8, 4) is 0 Å². The molecule has 2 aliphatic rings. The van der Waals surface area contributed by atoms with Crippen molar-refractivity contribution in [2.24, 2.45) is 5.41 Å². The molecule has 1 spiro atoms. The lowest BCUT2D eigenvalue weighted by Crippen LogP contribution is -2.65. The van der Waals surface area contributed by atoms with E-state index >= 15 is 0 Å². The molecule has 3 unspecified atom stereocenters. The largest absolute Gasteiger partial charge is 0.378 e. The molecule has 0 heterocycles. The molecule has 2 saturated carbocycles. The zero-order chi connectivity index (χ0) is 13.9. The number of rotatable bonds is 6. The minimum absolute atomic E-state index is 0.106. The lowest BCUT2D eigenvalue weighted by molar-refractivity contribution is -0.138. The maximum Gasteiger partial charge on any atom is 0.236 e. The van der Waals surface area contributed by atoms with Gasteiger partial charge in [0.15, 0.2) is 0 Å². The fourth-order valence-electron chi connectivity index (χ4n) is 3.83. The van der Waals surface area contributed by atoms with Crippen molar-refractivity contribution in [2.75, 3.05) is 13.2 Å². The zero-order valence-electron chi connectivity index (χ0n) is 12.5. The number of hydrogen-bond acceptors (Lipinski definition) is 3. The fraction of sp³-hybridized carbons (Fsp3) is 0.933. The van der Waals surface area contributed by atoms with E-state index in [2.05, 4.69) is 17.6 Å². The van der Waals surface area contributed by atoms with Crippen LogP contribution in [0.25, 0.3) is 0 Å². The molecular formula is C15H28N2O2. The van der Waals surface area contributed by atoms with E-state index in [9.17, 15) is 4.79 Å². The highest BCUT2D eigenvalue weighted by Crippen LogP contribution is 2.54. The predicted octanol–water partition coefficient (Wildman–Crippen LogP) is 1.84. The Morgan fingerprint density at radius 3 is 2.63 bits per heavy atom. The van der Waals surface area contributed by atoms with E-state index < -0.39 is 0 Å². The highest BCUT2D eigenvalue weighted by Gasteiger charge is 2.56. The maximum absolute atomic E-state index is 11.8. The molecule has 19 heavy (non-hydrogen) atoms. The van der Waals surface area contributed by atoms with Crippen LogP contribution >= 0.6 is 0 Å². The second-order valence-electron chi connectivity index (χ2n) is 5.96. The maximum atomic E-state index is 11.8. The van der Waals surface area contributed by atoms with Gasteiger partial charge in [-0.2, -0.15) is 0 Å². The smallest absolute Gasteiger partial charge is 0.236 e. The van der Waals surface area contributed by atoms with Crippen LogP contribution in [0.2, 0.25) is 0 Å². The van der Waals surface area contributed by atoms with Gasteiger partial charge in [-0.1, -0.05) is 12.8 Å². The van der Waals surface area contributed by atoms with E-state index in [-0.39, 0.29) is 11.9 Å². The van der Waals surface area contributed by atoms with Crippen molar-refractivity contribution in [1.29, 1.82) is 0 Å². The van der Waals surface area contributed by atoms with E-state index in [1.54, 1.807) is 0 Å². The molecule has 3 atom stereocenters. The minimum Gasteiger partial charge on any atom is -0.378 e. The molecule has 0 aromatic carbocycles. The summed E-state index contributed by atoms with van der Waals surface area (Å²) in [6.07, 6.45) is 6.56. The number of likely N-dealkylation sites (N-methyl/N-ethyl adjacent to an activating group) is 1. The minimum atomic E-state index is -0.106. The molecule has 2 fully saturated rings. The average molecular weight is 268 g/mol. The number of carbonyl (C=O) groups is 1. The van der Waals surface area contributed by atoms with Crippen LogP contribution in [-0.4, -0.2) is 37.2 Å². The molecule has 0 radical (unpaired) electrons. The van der Waals surface area contributed by atoms with Crippen LogP contribution in [0, 0.1) is 5.41 Å².